The molecule has 0 saturated carbocycles. The van der Waals surface area contributed by atoms with Crippen molar-refractivity contribution >= 4 is 0 Å². The van der Waals surface area contributed by atoms with Crippen LogP contribution in [0, 0.1) is 6.92 Å². The van der Waals surface area contributed by atoms with Crippen LogP contribution in [0.4, 0.5) is 0 Å². The van der Waals surface area contributed by atoms with Crippen molar-refractivity contribution in [1.29, 1.82) is 0 Å². The van der Waals surface area contributed by atoms with E-state index < -0.39 is 0 Å². The largest absolute Gasteiger partial charge is 0.496 e. The molecule has 0 aliphatic heterocycles. The molecular weight excluding hydrogens is 232 g/mol. The Labute approximate surface area is 116 Å². The summed E-state index contributed by atoms with van der Waals surface area (Å²) in [5.41, 5.74) is 5.13. The maximum absolute atomic E-state index is 5.40. The van der Waals surface area contributed by atoms with Gasteiger partial charge in [0.05, 0.1) is 7.11 Å². The van der Waals surface area contributed by atoms with Crippen molar-refractivity contribution in [2.45, 2.75) is 33.1 Å². The molecule has 100 valence electrons. The van der Waals surface area contributed by atoms with Crippen molar-refractivity contribution in [3.8, 4) is 16.9 Å². The van der Waals surface area contributed by atoms with E-state index in [1.54, 1.807) is 7.11 Å². The molecule has 0 unspecified atom stereocenters. The van der Waals surface area contributed by atoms with Gasteiger partial charge in [0.1, 0.15) is 5.75 Å². The van der Waals surface area contributed by atoms with E-state index in [1.165, 1.54) is 22.3 Å². The highest BCUT2D eigenvalue weighted by molar-refractivity contribution is 5.67. The summed E-state index contributed by atoms with van der Waals surface area (Å²) in [6.07, 6.45) is 0. The van der Waals surface area contributed by atoms with Gasteiger partial charge in [-0.1, -0.05) is 57.2 Å². The molecule has 0 saturated heterocycles. The van der Waals surface area contributed by atoms with Crippen molar-refractivity contribution < 1.29 is 4.74 Å². The van der Waals surface area contributed by atoms with Crippen LogP contribution in [0.3, 0.4) is 0 Å². The Morgan fingerprint density at radius 3 is 2.21 bits per heavy atom. The first kappa shape index (κ1) is 13.7. The second-order valence-electron chi connectivity index (χ2n) is 6.02. The molecule has 1 heteroatoms. The zero-order valence-electron chi connectivity index (χ0n) is 12.4. The van der Waals surface area contributed by atoms with Crippen molar-refractivity contribution in [2.75, 3.05) is 7.11 Å². The van der Waals surface area contributed by atoms with E-state index in [2.05, 4.69) is 70.2 Å². The monoisotopic (exact) mass is 254 g/mol. The molecule has 2 aromatic carbocycles. The van der Waals surface area contributed by atoms with E-state index in [4.69, 9.17) is 4.74 Å². The topological polar surface area (TPSA) is 9.23 Å². The molecular formula is C18H22O. The number of aryl methyl sites for hydroxylation is 1. The molecule has 0 bridgehead atoms. The normalized spacial score (nSPS) is 11.4. The number of hydrogen-bond donors (Lipinski definition) is 0. The number of hydrogen-bond acceptors (Lipinski definition) is 1. The Kier molecular flexibility index (Phi) is 3.66. The van der Waals surface area contributed by atoms with E-state index in [9.17, 15) is 0 Å². The average molecular weight is 254 g/mol. The maximum Gasteiger partial charge on any atom is 0.122 e. The van der Waals surface area contributed by atoms with Crippen LogP contribution >= 0.6 is 0 Å². The quantitative estimate of drug-likeness (QED) is 0.735. The lowest BCUT2D eigenvalue weighted by Gasteiger charge is -2.20. The zero-order valence-corrected chi connectivity index (χ0v) is 12.4. The molecule has 0 aliphatic carbocycles. The van der Waals surface area contributed by atoms with Gasteiger partial charge in [0.2, 0.25) is 0 Å². The number of ether oxygens (including phenoxy) is 1. The SMILES string of the molecule is COc1cc(-c2cccc(C(C)(C)C)c2)ccc1C. The van der Waals surface area contributed by atoms with Crippen molar-refractivity contribution in [3.05, 3.63) is 53.6 Å². The van der Waals surface area contributed by atoms with Crippen LogP contribution in [-0.2, 0) is 5.41 Å². The van der Waals surface area contributed by atoms with Gasteiger partial charge in [-0.25, -0.2) is 0 Å². The second kappa shape index (κ2) is 5.08. The minimum Gasteiger partial charge on any atom is -0.496 e. The van der Waals surface area contributed by atoms with Gasteiger partial charge >= 0.3 is 0 Å². The predicted molar refractivity (Wildman–Crippen MR) is 81.9 cm³/mol. The zero-order chi connectivity index (χ0) is 14.0. The van der Waals surface area contributed by atoms with E-state index in [0.29, 0.717) is 0 Å². The standard InChI is InChI=1S/C18H22O/c1-13-9-10-15(12-17(13)19-5)14-7-6-8-16(11-14)18(2,3)4/h6-12H,1-5H3. The molecule has 0 atom stereocenters. The van der Waals surface area contributed by atoms with Gasteiger partial charge in [0, 0.05) is 0 Å². The van der Waals surface area contributed by atoms with E-state index >= 15 is 0 Å². The Bertz CT molecular complexity index is 576. The minimum absolute atomic E-state index is 0.171. The number of rotatable bonds is 2. The van der Waals surface area contributed by atoms with Gasteiger partial charge in [-0.3, -0.25) is 0 Å². The molecule has 0 aromatic heterocycles. The van der Waals surface area contributed by atoms with Gasteiger partial charge < -0.3 is 4.74 Å². The van der Waals surface area contributed by atoms with Crippen LogP contribution in [0.25, 0.3) is 11.1 Å². The summed E-state index contributed by atoms with van der Waals surface area (Å²) >= 11 is 0. The first-order chi connectivity index (χ1) is 8.91. The summed E-state index contributed by atoms with van der Waals surface area (Å²) in [7, 11) is 1.72. The smallest absolute Gasteiger partial charge is 0.122 e. The Morgan fingerprint density at radius 2 is 1.58 bits per heavy atom. The van der Waals surface area contributed by atoms with Crippen LogP contribution in [0.1, 0.15) is 31.9 Å². The van der Waals surface area contributed by atoms with E-state index in [0.717, 1.165) is 5.75 Å². The van der Waals surface area contributed by atoms with Crippen molar-refractivity contribution in [2.24, 2.45) is 0 Å². The van der Waals surface area contributed by atoms with Gasteiger partial charge in [-0.2, -0.15) is 0 Å². The second-order valence-corrected chi connectivity index (χ2v) is 6.02. The van der Waals surface area contributed by atoms with Gasteiger partial charge in [0.25, 0.3) is 0 Å². The lowest BCUT2D eigenvalue weighted by molar-refractivity contribution is 0.412. The van der Waals surface area contributed by atoms with E-state index in [1.807, 2.05) is 0 Å². The van der Waals surface area contributed by atoms with Gasteiger partial charge in [-0.15, -0.1) is 0 Å². The summed E-state index contributed by atoms with van der Waals surface area (Å²) in [5, 5.41) is 0. The van der Waals surface area contributed by atoms with Gasteiger partial charge in [0.15, 0.2) is 0 Å². The molecule has 0 N–H and O–H groups in total. The number of benzene rings is 2. The summed E-state index contributed by atoms with van der Waals surface area (Å²) in [4.78, 5) is 0. The lowest BCUT2D eigenvalue weighted by Crippen LogP contribution is -2.10. The summed E-state index contributed by atoms with van der Waals surface area (Å²) in [5.74, 6) is 0.943. The van der Waals surface area contributed by atoms with Crippen LogP contribution in [-0.4, -0.2) is 7.11 Å². The molecule has 0 fully saturated rings. The minimum atomic E-state index is 0.171. The molecule has 0 radical (unpaired) electrons. The molecule has 0 heterocycles. The van der Waals surface area contributed by atoms with E-state index in [-0.39, 0.29) is 5.41 Å². The Morgan fingerprint density at radius 1 is 0.895 bits per heavy atom. The molecule has 0 spiro atoms. The first-order valence-electron chi connectivity index (χ1n) is 6.67. The van der Waals surface area contributed by atoms with Crippen LogP contribution < -0.4 is 4.74 Å². The highest BCUT2D eigenvalue weighted by atomic mass is 16.5. The molecule has 1 nitrogen and oxygen atoms in total. The number of methoxy groups -OCH3 is 1. The third-order valence-electron chi connectivity index (χ3n) is 3.47. The fraction of sp³-hybridized carbons (Fsp3) is 0.333. The average Bonchev–Trinajstić information content (AvgIpc) is 2.38. The Balaban J connectivity index is 2.47. The molecule has 2 aromatic rings. The van der Waals surface area contributed by atoms with Gasteiger partial charge in [-0.05, 0) is 40.7 Å². The lowest BCUT2D eigenvalue weighted by atomic mass is 9.85. The first-order valence-corrected chi connectivity index (χ1v) is 6.67. The summed E-state index contributed by atoms with van der Waals surface area (Å²) < 4.78 is 5.40. The van der Waals surface area contributed by atoms with Crippen LogP contribution in [0.15, 0.2) is 42.5 Å². The third-order valence-corrected chi connectivity index (χ3v) is 3.47. The fourth-order valence-electron chi connectivity index (χ4n) is 2.16. The van der Waals surface area contributed by atoms with Crippen LogP contribution in [0.2, 0.25) is 0 Å². The highest BCUT2D eigenvalue weighted by Crippen LogP contribution is 2.30. The fourth-order valence-corrected chi connectivity index (χ4v) is 2.16. The van der Waals surface area contributed by atoms with Crippen LogP contribution in [0.5, 0.6) is 5.75 Å². The summed E-state index contributed by atoms with van der Waals surface area (Å²) in [6.45, 7) is 8.78. The summed E-state index contributed by atoms with van der Waals surface area (Å²) in [6, 6.07) is 15.1. The van der Waals surface area contributed by atoms with Crippen molar-refractivity contribution in [1.82, 2.24) is 0 Å². The van der Waals surface area contributed by atoms with Crippen molar-refractivity contribution in [3.63, 3.8) is 0 Å². The maximum atomic E-state index is 5.40. The highest BCUT2D eigenvalue weighted by Gasteiger charge is 2.14. The molecule has 2 rings (SSSR count). The molecule has 19 heavy (non-hydrogen) atoms. The third kappa shape index (κ3) is 2.98. The molecule has 0 amide bonds. The Hall–Kier alpha value is -1.76. The predicted octanol–water partition coefficient (Wildman–Crippen LogP) is 4.97. The molecule has 0 aliphatic rings.